The Morgan fingerprint density at radius 3 is 2.79 bits per heavy atom. The standard InChI is InChI=1S/C18H33N5O/c1-5-19-17(20-10-15-9-7-6-8-14(15)2)21-13-18(3,24)16-11-22-23(4)12-16/h11-12,14-15,24H,5-10,13H2,1-4H3,(H2,19,20,21). The van der Waals surface area contributed by atoms with Gasteiger partial charge in [0.25, 0.3) is 0 Å². The molecule has 6 nitrogen and oxygen atoms in total. The molecule has 2 rings (SSSR count). The molecule has 1 aliphatic carbocycles. The molecule has 1 aromatic heterocycles. The third-order valence-electron chi connectivity index (χ3n) is 5.04. The maximum atomic E-state index is 10.7. The molecule has 0 aromatic carbocycles. The quantitative estimate of drug-likeness (QED) is 0.549. The fourth-order valence-electron chi connectivity index (χ4n) is 3.29. The zero-order valence-corrected chi connectivity index (χ0v) is 15.5. The van der Waals surface area contributed by atoms with Gasteiger partial charge in [0.15, 0.2) is 5.96 Å². The van der Waals surface area contributed by atoms with Gasteiger partial charge in [-0.1, -0.05) is 26.2 Å². The number of aromatic nitrogens is 2. The van der Waals surface area contributed by atoms with Crippen molar-refractivity contribution in [3.8, 4) is 0 Å². The summed E-state index contributed by atoms with van der Waals surface area (Å²) in [6.07, 6.45) is 8.84. The molecule has 136 valence electrons. The first-order valence-corrected chi connectivity index (χ1v) is 9.16. The van der Waals surface area contributed by atoms with Crippen LogP contribution in [0.3, 0.4) is 0 Å². The van der Waals surface area contributed by atoms with Crippen LogP contribution < -0.4 is 10.6 Å². The Hall–Kier alpha value is -1.56. The van der Waals surface area contributed by atoms with Crippen LogP contribution in [0.5, 0.6) is 0 Å². The number of aliphatic hydroxyl groups is 1. The number of aryl methyl sites for hydroxylation is 1. The van der Waals surface area contributed by atoms with Gasteiger partial charge in [-0.2, -0.15) is 5.10 Å². The zero-order chi connectivity index (χ0) is 17.6. The first kappa shape index (κ1) is 18.8. The van der Waals surface area contributed by atoms with Crippen molar-refractivity contribution < 1.29 is 5.11 Å². The van der Waals surface area contributed by atoms with Crippen LogP contribution in [0.15, 0.2) is 17.4 Å². The van der Waals surface area contributed by atoms with E-state index in [4.69, 9.17) is 0 Å². The molecule has 0 radical (unpaired) electrons. The van der Waals surface area contributed by atoms with Gasteiger partial charge in [-0.15, -0.1) is 0 Å². The molecule has 1 saturated carbocycles. The van der Waals surface area contributed by atoms with Gasteiger partial charge in [0.05, 0.1) is 12.7 Å². The molecule has 3 unspecified atom stereocenters. The summed E-state index contributed by atoms with van der Waals surface area (Å²) in [7, 11) is 1.85. The summed E-state index contributed by atoms with van der Waals surface area (Å²) in [4.78, 5) is 4.59. The van der Waals surface area contributed by atoms with Crippen LogP contribution in [0, 0.1) is 11.8 Å². The predicted molar refractivity (Wildman–Crippen MR) is 97.9 cm³/mol. The van der Waals surface area contributed by atoms with Crippen molar-refractivity contribution in [1.29, 1.82) is 0 Å². The van der Waals surface area contributed by atoms with E-state index in [9.17, 15) is 5.11 Å². The smallest absolute Gasteiger partial charge is 0.191 e. The summed E-state index contributed by atoms with van der Waals surface area (Å²) < 4.78 is 1.70. The van der Waals surface area contributed by atoms with E-state index in [1.54, 1.807) is 17.8 Å². The highest BCUT2D eigenvalue weighted by molar-refractivity contribution is 5.79. The Bertz CT molecular complexity index is 537. The normalized spacial score (nSPS) is 24.5. The maximum Gasteiger partial charge on any atom is 0.191 e. The first-order valence-electron chi connectivity index (χ1n) is 9.16. The molecule has 1 heterocycles. The van der Waals surface area contributed by atoms with Crippen LogP contribution in [-0.2, 0) is 12.6 Å². The number of rotatable bonds is 6. The highest BCUT2D eigenvalue weighted by Gasteiger charge is 2.25. The van der Waals surface area contributed by atoms with E-state index in [0.717, 1.165) is 30.5 Å². The molecule has 3 atom stereocenters. The molecular formula is C18H33N5O. The molecule has 0 aliphatic heterocycles. The van der Waals surface area contributed by atoms with E-state index < -0.39 is 5.60 Å². The second-order valence-electron chi connectivity index (χ2n) is 7.27. The highest BCUT2D eigenvalue weighted by Crippen LogP contribution is 2.28. The summed E-state index contributed by atoms with van der Waals surface area (Å²) >= 11 is 0. The molecule has 1 aliphatic rings. The lowest BCUT2D eigenvalue weighted by Crippen LogP contribution is -2.42. The lowest BCUT2D eigenvalue weighted by Gasteiger charge is -2.29. The number of guanidine groups is 1. The number of hydrogen-bond acceptors (Lipinski definition) is 3. The molecule has 0 saturated heterocycles. The van der Waals surface area contributed by atoms with Crippen molar-refractivity contribution in [2.24, 2.45) is 23.9 Å². The van der Waals surface area contributed by atoms with E-state index in [1.807, 2.05) is 13.2 Å². The number of aliphatic imine (C=N–C) groups is 1. The van der Waals surface area contributed by atoms with E-state index in [-0.39, 0.29) is 0 Å². The van der Waals surface area contributed by atoms with Gasteiger partial charge in [0.2, 0.25) is 0 Å². The van der Waals surface area contributed by atoms with Crippen LogP contribution in [0.1, 0.15) is 52.0 Å². The van der Waals surface area contributed by atoms with Gasteiger partial charge >= 0.3 is 0 Å². The maximum absolute atomic E-state index is 10.7. The van der Waals surface area contributed by atoms with Gasteiger partial charge in [-0.05, 0) is 32.1 Å². The molecule has 0 spiro atoms. The Morgan fingerprint density at radius 2 is 2.17 bits per heavy atom. The van der Waals surface area contributed by atoms with Gasteiger partial charge < -0.3 is 15.7 Å². The number of nitrogens with one attached hydrogen (secondary N) is 2. The first-order chi connectivity index (χ1) is 11.4. The van der Waals surface area contributed by atoms with E-state index >= 15 is 0 Å². The van der Waals surface area contributed by atoms with Crippen LogP contribution in [0.2, 0.25) is 0 Å². The zero-order valence-electron chi connectivity index (χ0n) is 15.5. The van der Waals surface area contributed by atoms with Crippen LogP contribution in [0.4, 0.5) is 0 Å². The van der Waals surface area contributed by atoms with Gasteiger partial charge in [0, 0.05) is 31.9 Å². The molecule has 1 fully saturated rings. The van der Waals surface area contributed by atoms with Crippen molar-refractivity contribution in [2.75, 3.05) is 19.6 Å². The molecule has 0 bridgehead atoms. The van der Waals surface area contributed by atoms with Crippen molar-refractivity contribution in [3.05, 3.63) is 18.0 Å². The summed E-state index contributed by atoms with van der Waals surface area (Å²) in [5.74, 6) is 2.26. The topological polar surface area (TPSA) is 74.5 Å². The number of nitrogens with zero attached hydrogens (tertiary/aromatic N) is 3. The molecule has 6 heteroatoms. The largest absolute Gasteiger partial charge is 0.383 e. The Morgan fingerprint density at radius 1 is 1.42 bits per heavy atom. The van der Waals surface area contributed by atoms with E-state index in [2.05, 4.69) is 34.6 Å². The highest BCUT2D eigenvalue weighted by atomic mass is 16.3. The average Bonchev–Trinajstić information content (AvgIpc) is 2.99. The summed E-state index contributed by atoms with van der Waals surface area (Å²) in [6.45, 7) is 8.24. The van der Waals surface area contributed by atoms with Gasteiger partial charge in [-0.25, -0.2) is 4.99 Å². The van der Waals surface area contributed by atoms with Crippen molar-refractivity contribution >= 4 is 5.96 Å². The minimum Gasteiger partial charge on any atom is -0.383 e. The van der Waals surface area contributed by atoms with Crippen LogP contribution in [0.25, 0.3) is 0 Å². The summed E-state index contributed by atoms with van der Waals surface area (Å²) in [6, 6.07) is 0. The van der Waals surface area contributed by atoms with Crippen LogP contribution >= 0.6 is 0 Å². The predicted octanol–water partition coefficient (Wildman–Crippen LogP) is 2.01. The van der Waals surface area contributed by atoms with Gasteiger partial charge in [-0.3, -0.25) is 4.68 Å². The Kier molecular flexibility index (Phi) is 6.66. The van der Waals surface area contributed by atoms with E-state index in [1.165, 1.54) is 25.7 Å². The summed E-state index contributed by atoms with van der Waals surface area (Å²) in [5, 5.41) is 21.5. The minimum atomic E-state index is -1.02. The van der Waals surface area contributed by atoms with Crippen molar-refractivity contribution in [3.63, 3.8) is 0 Å². The van der Waals surface area contributed by atoms with Crippen LogP contribution in [-0.4, -0.2) is 40.5 Å². The lowest BCUT2D eigenvalue weighted by molar-refractivity contribution is 0.0671. The average molecular weight is 335 g/mol. The second-order valence-corrected chi connectivity index (χ2v) is 7.27. The van der Waals surface area contributed by atoms with Gasteiger partial charge in [0.1, 0.15) is 5.60 Å². The molecule has 24 heavy (non-hydrogen) atoms. The second kappa shape index (κ2) is 8.51. The van der Waals surface area contributed by atoms with Crippen molar-refractivity contribution in [2.45, 2.75) is 52.1 Å². The molecule has 1 aromatic rings. The third-order valence-corrected chi connectivity index (χ3v) is 5.04. The SMILES string of the molecule is CCNC(=NCC(C)(O)c1cnn(C)c1)NCC1CCCCC1C. The number of hydrogen-bond donors (Lipinski definition) is 3. The Balaban J connectivity index is 1.94. The fraction of sp³-hybridized carbons (Fsp3) is 0.778. The Labute approximate surface area is 145 Å². The molecule has 3 N–H and O–H groups in total. The lowest BCUT2D eigenvalue weighted by atomic mass is 9.80. The summed E-state index contributed by atoms with van der Waals surface area (Å²) in [5.41, 5.74) is -0.236. The fourth-order valence-corrected chi connectivity index (χ4v) is 3.29. The minimum absolute atomic E-state index is 0.300. The molecule has 0 amide bonds. The van der Waals surface area contributed by atoms with E-state index in [0.29, 0.717) is 12.5 Å². The third kappa shape index (κ3) is 5.23. The monoisotopic (exact) mass is 335 g/mol. The van der Waals surface area contributed by atoms with Crippen molar-refractivity contribution in [1.82, 2.24) is 20.4 Å². The molecular weight excluding hydrogens is 302 g/mol.